The van der Waals surface area contributed by atoms with Gasteiger partial charge in [-0.3, -0.25) is 15.0 Å². The Kier molecular flexibility index (Phi) is 6.85. The number of amides is 1. The molecule has 146 valence electrons. The van der Waals surface area contributed by atoms with Crippen LogP contribution in [0.25, 0.3) is 0 Å². The van der Waals surface area contributed by atoms with Crippen LogP contribution >= 0.6 is 11.3 Å². The fraction of sp³-hybridized carbons (Fsp3) is 0.524. The van der Waals surface area contributed by atoms with E-state index in [9.17, 15) is 4.79 Å². The summed E-state index contributed by atoms with van der Waals surface area (Å²) in [6.07, 6.45) is 5.73. The van der Waals surface area contributed by atoms with E-state index < -0.39 is 0 Å². The Hall–Kier alpha value is -1.92. The number of ether oxygens (including phenoxy) is 1. The van der Waals surface area contributed by atoms with Gasteiger partial charge in [0.25, 0.3) is 5.91 Å². The van der Waals surface area contributed by atoms with Crippen molar-refractivity contribution in [2.75, 3.05) is 18.5 Å². The highest BCUT2D eigenvalue weighted by Gasteiger charge is 2.19. The van der Waals surface area contributed by atoms with Gasteiger partial charge in [-0.25, -0.2) is 4.98 Å². The third kappa shape index (κ3) is 5.78. The predicted octanol–water partition coefficient (Wildman–Crippen LogP) is 4.80. The van der Waals surface area contributed by atoms with Crippen LogP contribution in [0.4, 0.5) is 5.13 Å². The summed E-state index contributed by atoms with van der Waals surface area (Å²) in [5, 5.41) is 3.56. The average Bonchev–Trinajstić information content (AvgIpc) is 3.09. The maximum absolute atomic E-state index is 12.5. The number of anilines is 1. The maximum atomic E-state index is 12.5. The van der Waals surface area contributed by atoms with E-state index in [1.54, 1.807) is 23.5 Å². The molecule has 0 bridgehead atoms. The van der Waals surface area contributed by atoms with Crippen molar-refractivity contribution in [2.24, 2.45) is 5.92 Å². The first-order chi connectivity index (χ1) is 13.0. The molecule has 2 heterocycles. The van der Waals surface area contributed by atoms with Crippen LogP contribution in [0.5, 0.6) is 5.75 Å². The van der Waals surface area contributed by atoms with Crippen LogP contribution in [-0.4, -0.2) is 35.0 Å². The van der Waals surface area contributed by atoms with Crippen LogP contribution in [0, 0.1) is 5.92 Å². The van der Waals surface area contributed by atoms with Gasteiger partial charge in [-0.05, 0) is 50.4 Å². The minimum absolute atomic E-state index is 0.155. The largest absolute Gasteiger partial charge is 0.493 e. The molecule has 0 radical (unpaired) electrons. The third-order valence-corrected chi connectivity index (χ3v) is 5.65. The van der Waals surface area contributed by atoms with Crippen molar-refractivity contribution in [1.82, 2.24) is 9.88 Å². The van der Waals surface area contributed by atoms with Crippen molar-refractivity contribution >= 4 is 22.4 Å². The lowest BCUT2D eigenvalue weighted by Crippen LogP contribution is -2.36. The lowest BCUT2D eigenvalue weighted by Gasteiger charge is -2.32. The molecule has 2 aromatic rings. The van der Waals surface area contributed by atoms with Crippen LogP contribution < -0.4 is 10.1 Å². The van der Waals surface area contributed by atoms with Gasteiger partial charge in [-0.2, -0.15) is 0 Å². The number of carbonyl (C=O) groups is 1. The molecule has 3 rings (SSSR count). The molecule has 1 amide bonds. The number of thiazole rings is 1. The molecule has 5 nitrogen and oxygen atoms in total. The smallest absolute Gasteiger partial charge is 0.257 e. The van der Waals surface area contributed by atoms with E-state index >= 15 is 0 Å². The van der Waals surface area contributed by atoms with E-state index in [-0.39, 0.29) is 5.91 Å². The zero-order valence-electron chi connectivity index (χ0n) is 16.4. The Labute approximate surface area is 165 Å². The summed E-state index contributed by atoms with van der Waals surface area (Å²) >= 11 is 1.55. The van der Waals surface area contributed by atoms with Gasteiger partial charge in [0.1, 0.15) is 5.75 Å². The zero-order valence-corrected chi connectivity index (χ0v) is 17.2. The molecule has 0 aliphatic carbocycles. The number of carbonyl (C=O) groups excluding carboxylic acids is 1. The fourth-order valence-electron chi connectivity index (χ4n) is 3.19. The molecular weight excluding hydrogens is 358 g/mol. The second kappa shape index (κ2) is 9.33. The number of nitrogens with zero attached hydrogens (tertiary/aromatic N) is 2. The third-order valence-electron chi connectivity index (χ3n) is 4.75. The first-order valence-corrected chi connectivity index (χ1v) is 10.6. The number of aromatic nitrogens is 1. The molecule has 1 aliphatic heterocycles. The lowest BCUT2D eigenvalue weighted by atomic mass is 10.0. The number of nitrogens with one attached hydrogen (secondary N) is 1. The molecule has 6 heteroatoms. The molecule has 27 heavy (non-hydrogen) atoms. The Morgan fingerprint density at radius 1 is 1.41 bits per heavy atom. The topological polar surface area (TPSA) is 54.5 Å². The number of benzene rings is 1. The van der Waals surface area contributed by atoms with E-state index in [0.29, 0.717) is 29.3 Å². The second-order valence-corrected chi connectivity index (χ2v) is 8.75. The summed E-state index contributed by atoms with van der Waals surface area (Å²) in [5.41, 5.74) is 0.581. The van der Waals surface area contributed by atoms with Gasteiger partial charge < -0.3 is 4.74 Å². The van der Waals surface area contributed by atoms with E-state index in [0.717, 1.165) is 18.8 Å². The molecule has 1 aromatic carbocycles. The highest BCUT2D eigenvalue weighted by atomic mass is 32.1. The van der Waals surface area contributed by atoms with E-state index in [4.69, 9.17) is 4.74 Å². The minimum Gasteiger partial charge on any atom is -0.493 e. The van der Waals surface area contributed by atoms with E-state index in [1.807, 2.05) is 18.3 Å². The van der Waals surface area contributed by atoms with E-state index in [1.165, 1.54) is 24.1 Å². The van der Waals surface area contributed by atoms with Crippen LogP contribution in [-0.2, 0) is 6.54 Å². The normalized spacial score (nSPS) is 17.9. The number of hydrogen-bond acceptors (Lipinski definition) is 5. The molecular formula is C21H29N3O2S. The number of hydrogen-bond donors (Lipinski definition) is 1. The summed E-state index contributed by atoms with van der Waals surface area (Å²) in [7, 11) is 0. The summed E-state index contributed by atoms with van der Waals surface area (Å²) in [6.45, 7) is 9.17. The number of piperidine rings is 1. The maximum Gasteiger partial charge on any atom is 0.257 e. The number of likely N-dealkylation sites (tertiary alicyclic amines) is 1. The molecule has 0 saturated carbocycles. The van der Waals surface area contributed by atoms with Crippen molar-refractivity contribution in [1.29, 1.82) is 0 Å². The number of rotatable bonds is 7. The van der Waals surface area contributed by atoms with Gasteiger partial charge in [0.05, 0.1) is 6.61 Å². The van der Waals surface area contributed by atoms with Gasteiger partial charge >= 0.3 is 0 Å². The first kappa shape index (κ1) is 19.8. The highest BCUT2D eigenvalue weighted by molar-refractivity contribution is 7.15. The standard InChI is InChI=1S/C21H29N3O2S/c1-15(2)14-26-18-9-6-8-17(11-18)20(25)23-21-22-12-19(27-21)13-24-10-5-4-7-16(24)3/h6,8-9,11-12,15-16H,4-5,7,10,13-14H2,1-3H3,(H,22,23,25). The molecule has 1 fully saturated rings. The van der Waals surface area contributed by atoms with Gasteiger partial charge in [0, 0.05) is 29.2 Å². The predicted molar refractivity (Wildman–Crippen MR) is 111 cm³/mol. The lowest BCUT2D eigenvalue weighted by molar-refractivity contribution is 0.102. The second-order valence-electron chi connectivity index (χ2n) is 7.63. The van der Waals surface area contributed by atoms with Crippen LogP contribution in [0.2, 0.25) is 0 Å². The van der Waals surface area contributed by atoms with Crippen molar-refractivity contribution < 1.29 is 9.53 Å². The zero-order chi connectivity index (χ0) is 19.2. The first-order valence-electron chi connectivity index (χ1n) is 9.74. The Bertz CT molecular complexity index is 759. The summed E-state index contributed by atoms with van der Waals surface area (Å²) in [6, 6.07) is 7.91. The molecule has 1 N–H and O–H groups in total. The quantitative estimate of drug-likeness (QED) is 0.741. The van der Waals surface area contributed by atoms with Gasteiger partial charge in [-0.1, -0.05) is 26.3 Å². The SMILES string of the molecule is CC(C)COc1cccc(C(=O)Nc2ncc(CN3CCCCC3C)s2)c1. The van der Waals surface area contributed by atoms with Crippen LogP contribution in [0.15, 0.2) is 30.5 Å². The van der Waals surface area contributed by atoms with Crippen LogP contribution in [0.3, 0.4) is 0 Å². The van der Waals surface area contributed by atoms with Gasteiger partial charge in [0.2, 0.25) is 0 Å². The molecule has 1 unspecified atom stereocenters. The van der Waals surface area contributed by atoms with Crippen molar-refractivity contribution in [3.8, 4) is 5.75 Å². The molecule has 1 atom stereocenters. The highest BCUT2D eigenvalue weighted by Crippen LogP contribution is 2.25. The van der Waals surface area contributed by atoms with Crippen LogP contribution in [0.1, 0.15) is 55.3 Å². The Balaban J connectivity index is 1.58. The molecule has 1 saturated heterocycles. The summed E-state index contributed by atoms with van der Waals surface area (Å²) in [5.74, 6) is 1.01. The molecule has 1 aromatic heterocycles. The Morgan fingerprint density at radius 2 is 2.26 bits per heavy atom. The minimum atomic E-state index is -0.155. The average molecular weight is 388 g/mol. The Morgan fingerprint density at radius 3 is 3.04 bits per heavy atom. The summed E-state index contributed by atoms with van der Waals surface area (Å²) in [4.78, 5) is 20.6. The fourth-order valence-corrected chi connectivity index (χ4v) is 4.02. The van der Waals surface area contributed by atoms with Crippen molar-refractivity contribution in [2.45, 2.75) is 52.6 Å². The van der Waals surface area contributed by atoms with Gasteiger partial charge in [0.15, 0.2) is 5.13 Å². The van der Waals surface area contributed by atoms with Crippen molar-refractivity contribution in [3.63, 3.8) is 0 Å². The monoisotopic (exact) mass is 387 g/mol. The molecule has 1 aliphatic rings. The van der Waals surface area contributed by atoms with Gasteiger partial charge in [-0.15, -0.1) is 11.3 Å². The molecule has 0 spiro atoms. The summed E-state index contributed by atoms with van der Waals surface area (Å²) < 4.78 is 5.71. The van der Waals surface area contributed by atoms with E-state index in [2.05, 4.69) is 36.0 Å². The van der Waals surface area contributed by atoms with Crippen molar-refractivity contribution in [3.05, 3.63) is 40.9 Å².